The maximum atomic E-state index is 11.3. The van der Waals surface area contributed by atoms with Crippen molar-refractivity contribution in [2.24, 2.45) is 5.16 Å². The third-order valence-electron chi connectivity index (χ3n) is 2.75. The Morgan fingerprint density at radius 2 is 1.81 bits per heavy atom. The molecular formula is C16H14BrNO3. The van der Waals surface area contributed by atoms with Crippen LogP contribution in [0.15, 0.2) is 58.2 Å². The Kier molecular flexibility index (Phi) is 5.51. The van der Waals surface area contributed by atoms with Crippen LogP contribution in [0.2, 0.25) is 0 Å². The maximum Gasteiger partial charge on any atom is 0.337 e. The molecular weight excluding hydrogens is 334 g/mol. The van der Waals surface area contributed by atoms with Crippen molar-refractivity contribution in [3.05, 3.63) is 69.7 Å². The van der Waals surface area contributed by atoms with E-state index in [1.807, 2.05) is 24.3 Å². The summed E-state index contributed by atoms with van der Waals surface area (Å²) in [7, 11) is 1.36. The quantitative estimate of drug-likeness (QED) is 0.469. The molecule has 0 aromatic heterocycles. The monoisotopic (exact) mass is 347 g/mol. The Hall–Kier alpha value is -2.14. The van der Waals surface area contributed by atoms with Crippen LogP contribution in [0.3, 0.4) is 0 Å². The molecule has 0 atom stereocenters. The van der Waals surface area contributed by atoms with Gasteiger partial charge < -0.3 is 9.57 Å². The van der Waals surface area contributed by atoms with Crippen LogP contribution in [0.25, 0.3) is 0 Å². The molecule has 0 heterocycles. The van der Waals surface area contributed by atoms with Gasteiger partial charge >= 0.3 is 5.97 Å². The number of oxime groups is 1. The molecule has 0 saturated heterocycles. The highest BCUT2D eigenvalue weighted by molar-refractivity contribution is 9.10. The number of carbonyl (C=O) groups excluding carboxylic acids is 1. The van der Waals surface area contributed by atoms with Crippen LogP contribution in [-0.2, 0) is 16.2 Å². The fraction of sp³-hybridized carbons (Fsp3) is 0.125. The van der Waals surface area contributed by atoms with E-state index in [2.05, 4.69) is 25.8 Å². The Morgan fingerprint density at radius 3 is 2.43 bits per heavy atom. The van der Waals surface area contributed by atoms with E-state index in [1.54, 1.807) is 30.5 Å². The highest BCUT2D eigenvalue weighted by atomic mass is 79.9. The first-order valence-corrected chi connectivity index (χ1v) is 7.06. The average molecular weight is 348 g/mol. The van der Waals surface area contributed by atoms with Crippen LogP contribution in [0.5, 0.6) is 0 Å². The molecule has 0 saturated carbocycles. The predicted octanol–water partition coefficient (Wildman–Crippen LogP) is 3.79. The van der Waals surface area contributed by atoms with Crippen molar-refractivity contribution in [2.75, 3.05) is 7.11 Å². The summed E-state index contributed by atoms with van der Waals surface area (Å²) in [6, 6.07) is 14.7. The predicted molar refractivity (Wildman–Crippen MR) is 84.3 cm³/mol. The minimum absolute atomic E-state index is 0.342. The molecule has 2 aromatic rings. The third-order valence-corrected chi connectivity index (χ3v) is 3.28. The Morgan fingerprint density at radius 1 is 1.14 bits per heavy atom. The fourth-order valence-corrected chi connectivity index (χ4v) is 1.88. The van der Waals surface area contributed by atoms with E-state index in [9.17, 15) is 4.79 Å². The van der Waals surface area contributed by atoms with Crippen LogP contribution in [0.4, 0.5) is 0 Å². The van der Waals surface area contributed by atoms with E-state index in [0.29, 0.717) is 12.2 Å². The van der Waals surface area contributed by atoms with Gasteiger partial charge in [-0.05, 0) is 35.4 Å². The number of esters is 1. The zero-order valence-corrected chi connectivity index (χ0v) is 13.0. The third kappa shape index (κ3) is 4.72. The summed E-state index contributed by atoms with van der Waals surface area (Å²) in [5, 5.41) is 3.91. The fourth-order valence-electron chi connectivity index (χ4n) is 1.61. The van der Waals surface area contributed by atoms with Gasteiger partial charge in [0.1, 0.15) is 6.61 Å². The summed E-state index contributed by atoms with van der Waals surface area (Å²) in [6.07, 6.45) is 1.65. The molecule has 0 aliphatic heterocycles. The summed E-state index contributed by atoms with van der Waals surface area (Å²) >= 11 is 3.37. The second-order valence-electron chi connectivity index (χ2n) is 4.25. The van der Waals surface area contributed by atoms with Gasteiger partial charge in [-0.1, -0.05) is 45.4 Å². The van der Waals surface area contributed by atoms with Crippen LogP contribution in [-0.4, -0.2) is 19.3 Å². The van der Waals surface area contributed by atoms with Crippen LogP contribution in [0.1, 0.15) is 21.5 Å². The largest absolute Gasteiger partial charge is 0.465 e. The summed E-state index contributed by atoms with van der Waals surface area (Å²) in [6.45, 7) is 0.342. The molecule has 4 nitrogen and oxygen atoms in total. The molecule has 0 aliphatic rings. The number of rotatable bonds is 5. The van der Waals surface area contributed by atoms with Crippen LogP contribution in [0, 0.1) is 0 Å². The smallest absolute Gasteiger partial charge is 0.337 e. The maximum absolute atomic E-state index is 11.3. The summed E-state index contributed by atoms with van der Waals surface area (Å²) in [4.78, 5) is 16.5. The van der Waals surface area contributed by atoms with E-state index in [-0.39, 0.29) is 5.97 Å². The number of methoxy groups -OCH3 is 1. The summed E-state index contributed by atoms with van der Waals surface area (Å²) < 4.78 is 5.65. The second kappa shape index (κ2) is 7.59. The van der Waals surface area contributed by atoms with Gasteiger partial charge in [-0.25, -0.2) is 4.79 Å². The SMILES string of the molecule is COC(=O)c1ccc(CO/N=C\c2ccc(Br)cc2)cc1. The number of carbonyl (C=O) groups is 1. The lowest BCUT2D eigenvalue weighted by molar-refractivity contribution is 0.0600. The van der Waals surface area contributed by atoms with Gasteiger partial charge in [0.25, 0.3) is 0 Å². The van der Waals surface area contributed by atoms with E-state index in [4.69, 9.17) is 4.84 Å². The van der Waals surface area contributed by atoms with Gasteiger partial charge in [0.2, 0.25) is 0 Å². The van der Waals surface area contributed by atoms with Crippen molar-refractivity contribution in [2.45, 2.75) is 6.61 Å². The first kappa shape index (κ1) is 15.3. The lowest BCUT2D eigenvalue weighted by Gasteiger charge is -2.02. The number of ether oxygens (including phenoxy) is 1. The highest BCUT2D eigenvalue weighted by Gasteiger charge is 2.04. The molecule has 0 spiro atoms. The van der Waals surface area contributed by atoms with Gasteiger partial charge in [0.05, 0.1) is 18.9 Å². The van der Waals surface area contributed by atoms with Crippen molar-refractivity contribution >= 4 is 28.1 Å². The van der Waals surface area contributed by atoms with Crippen LogP contribution >= 0.6 is 15.9 Å². The van der Waals surface area contributed by atoms with Gasteiger partial charge in [-0.2, -0.15) is 0 Å². The van der Waals surface area contributed by atoms with Crippen molar-refractivity contribution in [1.29, 1.82) is 0 Å². The molecule has 108 valence electrons. The number of hydrogen-bond acceptors (Lipinski definition) is 4. The van der Waals surface area contributed by atoms with Gasteiger partial charge in [-0.3, -0.25) is 0 Å². The number of halogens is 1. The molecule has 2 rings (SSSR count). The molecule has 21 heavy (non-hydrogen) atoms. The molecule has 0 fully saturated rings. The average Bonchev–Trinajstić information content (AvgIpc) is 2.53. The van der Waals surface area contributed by atoms with Crippen LogP contribution < -0.4 is 0 Å². The molecule has 0 radical (unpaired) electrons. The van der Waals surface area contributed by atoms with E-state index in [1.165, 1.54) is 7.11 Å². The lowest BCUT2D eigenvalue weighted by atomic mass is 10.1. The molecule has 0 N–H and O–H groups in total. The summed E-state index contributed by atoms with van der Waals surface area (Å²) in [5.41, 5.74) is 2.40. The Bertz CT molecular complexity index is 621. The molecule has 0 bridgehead atoms. The number of nitrogens with zero attached hydrogens (tertiary/aromatic N) is 1. The second-order valence-corrected chi connectivity index (χ2v) is 5.16. The van der Waals surface area contributed by atoms with Gasteiger partial charge in [-0.15, -0.1) is 0 Å². The Balaban J connectivity index is 1.85. The topological polar surface area (TPSA) is 47.9 Å². The molecule has 2 aromatic carbocycles. The van der Waals surface area contributed by atoms with Crippen molar-refractivity contribution in [3.63, 3.8) is 0 Å². The number of hydrogen-bond donors (Lipinski definition) is 0. The standard InChI is InChI=1S/C16H14BrNO3/c1-20-16(19)14-6-2-13(3-7-14)11-21-18-10-12-4-8-15(17)9-5-12/h2-10H,11H2,1H3/b18-10-. The minimum Gasteiger partial charge on any atom is -0.465 e. The zero-order valence-electron chi connectivity index (χ0n) is 11.5. The van der Waals surface area contributed by atoms with Crippen molar-refractivity contribution < 1.29 is 14.4 Å². The van der Waals surface area contributed by atoms with Gasteiger partial charge in [0.15, 0.2) is 0 Å². The van der Waals surface area contributed by atoms with Gasteiger partial charge in [0, 0.05) is 4.47 Å². The van der Waals surface area contributed by atoms with E-state index in [0.717, 1.165) is 15.6 Å². The molecule has 0 unspecified atom stereocenters. The summed E-state index contributed by atoms with van der Waals surface area (Å²) in [5.74, 6) is -0.351. The van der Waals surface area contributed by atoms with E-state index < -0.39 is 0 Å². The van der Waals surface area contributed by atoms with Crippen molar-refractivity contribution in [3.8, 4) is 0 Å². The molecule has 5 heteroatoms. The normalized spacial score (nSPS) is 10.6. The molecule has 0 amide bonds. The number of benzene rings is 2. The highest BCUT2D eigenvalue weighted by Crippen LogP contribution is 2.10. The zero-order chi connectivity index (χ0) is 15.1. The first-order chi connectivity index (χ1) is 10.2. The first-order valence-electron chi connectivity index (χ1n) is 6.27. The molecule has 0 aliphatic carbocycles. The lowest BCUT2D eigenvalue weighted by Crippen LogP contribution is -2.00. The Labute approximate surface area is 131 Å². The minimum atomic E-state index is -0.351. The van der Waals surface area contributed by atoms with E-state index >= 15 is 0 Å². The van der Waals surface area contributed by atoms with Crippen molar-refractivity contribution in [1.82, 2.24) is 0 Å².